The first kappa shape index (κ1) is 18.5. The fourth-order valence-electron chi connectivity index (χ4n) is 6.08. The van der Waals surface area contributed by atoms with Gasteiger partial charge in [-0.2, -0.15) is 0 Å². The second-order valence-electron chi connectivity index (χ2n) is 8.93. The number of hydrogen-bond donors (Lipinski definition) is 1. The summed E-state index contributed by atoms with van der Waals surface area (Å²) in [6.45, 7) is 4.08. The van der Waals surface area contributed by atoms with Crippen LogP contribution in [0.15, 0.2) is 30.3 Å². The summed E-state index contributed by atoms with van der Waals surface area (Å²) in [6.07, 6.45) is 3.98. The van der Waals surface area contributed by atoms with Gasteiger partial charge < -0.3 is 14.7 Å². The number of hydrogen-bond acceptors (Lipinski definition) is 4. The number of esters is 1. The van der Waals surface area contributed by atoms with E-state index in [0.717, 1.165) is 37.8 Å². The van der Waals surface area contributed by atoms with Gasteiger partial charge in [0.15, 0.2) is 6.10 Å². The quantitative estimate of drug-likeness (QED) is 0.807. The van der Waals surface area contributed by atoms with Crippen molar-refractivity contribution in [1.29, 1.82) is 0 Å². The Balaban J connectivity index is 1.47. The van der Waals surface area contributed by atoms with Crippen LogP contribution in [0, 0.1) is 17.3 Å². The van der Waals surface area contributed by atoms with Gasteiger partial charge in [-0.1, -0.05) is 18.2 Å². The lowest BCUT2D eigenvalue weighted by molar-refractivity contribution is -0.199. The van der Waals surface area contributed by atoms with Gasteiger partial charge in [0.25, 0.3) is 5.91 Å². The topological polar surface area (TPSA) is 66.8 Å². The molecule has 4 bridgehead atoms. The third-order valence-electron chi connectivity index (χ3n) is 6.74. The molecular formula is C22H29NO4. The largest absolute Gasteiger partial charge is 0.452 e. The van der Waals surface area contributed by atoms with Crippen molar-refractivity contribution in [2.45, 2.75) is 64.1 Å². The SMILES string of the molecule is CCN(C(=O)[C@@H](C)OC(=O)C12C[C@@H]3C[C@@H](CC(O)(C3)C1)C2)c1ccccc1. The first-order chi connectivity index (χ1) is 12.8. The van der Waals surface area contributed by atoms with E-state index in [1.165, 1.54) is 0 Å². The summed E-state index contributed by atoms with van der Waals surface area (Å²) >= 11 is 0. The molecule has 0 heterocycles. The molecule has 5 heteroatoms. The Hall–Kier alpha value is -1.88. The highest BCUT2D eigenvalue weighted by Gasteiger charge is 2.61. The van der Waals surface area contributed by atoms with Gasteiger partial charge in [0, 0.05) is 12.2 Å². The fourth-order valence-corrected chi connectivity index (χ4v) is 6.08. The Labute approximate surface area is 160 Å². The Morgan fingerprint density at radius 2 is 1.81 bits per heavy atom. The van der Waals surface area contributed by atoms with Crippen molar-refractivity contribution in [2.75, 3.05) is 11.4 Å². The number of carbonyl (C=O) groups excluding carboxylic acids is 2. The molecule has 27 heavy (non-hydrogen) atoms. The molecule has 5 rings (SSSR count). The zero-order valence-electron chi connectivity index (χ0n) is 16.2. The molecule has 1 amide bonds. The molecule has 0 saturated heterocycles. The summed E-state index contributed by atoms with van der Waals surface area (Å²) in [5.74, 6) is 0.318. The Morgan fingerprint density at radius 3 is 2.37 bits per heavy atom. The van der Waals surface area contributed by atoms with Crippen molar-refractivity contribution in [3.8, 4) is 0 Å². The van der Waals surface area contributed by atoms with Crippen LogP contribution >= 0.6 is 0 Å². The number of aliphatic hydroxyl groups is 1. The van der Waals surface area contributed by atoms with Gasteiger partial charge in [0.05, 0.1) is 11.0 Å². The molecule has 2 unspecified atom stereocenters. The van der Waals surface area contributed by atoms with E-state index in [9.17, 15) is 14.7 Å². The molecule has 1 aromatic carbocycles. The average molecular weight is 371 g/mol. The van der Waals surface area contributed by atoms with Gasteiger partial charge in [-0.15, -0.1) is 0 Å². The van der Waals surface area contributed by atoms with Crippen molar-refractivity contribution < 1.29 is 19.4 Å². The van der Waals surface area contributed by atoms with E-state index in [-0.39, 0.29) is 11.9 Å². The standard InChI is InChI=1S/C22H29NO4/c1-3-23(18-7-5-4-6-8-18)19(24)15(2)27-20(25)21-10-16-9-17(11-21)13-22(26,12-16)14-21/h4-8,15-17,26H,3,9-14H2,1-2H3/t15-,16-,17+,21?,22?/m1/s1. The molecule has 1 N–H and O–H groups in total. The van der Waals surface area contributed by atoms with Gasteiger partial charge in [-0.05, 0) is 76.3 Å². The summed E-state index contributed by atoms with van der Waals surface area (Å²) in [4.78, 5) is 27.6. The summed E-state index contributed by atoms with van der Waals surface area (Å²) in [7, 11) is 0. The normalized spacial score (nSPS) is 34.9. The monoisotopic (exact) mass is 371 g/mol. The lowest BCUT2D eigenvalue weighted by Crippen LogP contribution is -2.59. The van der Waals surface area contributed by atoms with Crippen molar-refractivity contribution >= 4 is 17.6 Å². The summed E-state index contributed by atoms with van der Waals surface area (Å²) in [5.41, 5.74) is -0.510. The highest BCUT2D eigenvalue weighted by atomic mass is 16.5. The van der Waals surface area contributed by atoms with E-state index in [1.807, 2.05) is 37.3 Å². The van der Waals surface area contributed by atoms with Crippen LogP contribution in [-0.4, -0.2) is 35.2 Å². The number of likely N-dealkylation sites (N-methyl/N-ethyl adjacent to an activating group) is 1. The minimum atomic E-state index is -0.833. The molecule has 0 radical (unpaired) electrons. The Morgan fingerprint density at radius 1 is 1.19 bits per heavy atom. The molecule has 5 atom stereocenters. The Bertz CT molecular complexity index is 717. The molecule has 4 aliphatic rings. The zero-order valence-corrected chi connectivity index (χ0v) is 16.2. The van der Waals surface area contributed by atoms with Crippen LogP contribution in [0.4, 0.5) is 5.69 Å². The second kappa shape index (κ2) is 6.62. The lowest BCUT2D eigenvalue weighted by atomic mass is 9.48. The van der Waals surface area contributed by atoms with Crippen LogP contribution in [0.5, 0.6) is 0 Å². The fraction of sp³-hybridized carbons (Fsp3) is 0.636. The number of carbonyl (C=O) groups is 2. The smallest absolute Gasteiger partial charge is 0.312 e. The van der Waals surface area contributed by atoms with Gasteiger partial charge in [0.1, 0.15) is 0 Å². The van der Waals surface area contributed by atoms with E-state index in [0.29, 0.717) is 24.8 Å². The molecule has 146 valence electrons. The maximum absolute atomic E-state index is 13.1. The van der Waals surface area contributed by atoms with Gasteiger partial charge in [0.2, 0.25) is 0 Å². The van der Waals surface area contributed by atoms with Crippen LogP contribution in [-0.2, 0) is 14.3 Å². The Kier molecular flexibility index (Phi) is 4.53. The molecule has 1 aromatic rings. The molecular weight excluding hydrogens is 342 g/mol. The van der Waals surface area contributed by atoms with Gasteiger partial charge >= 0.3 is 5.97 Å². The summed E-state index contributed by atoms with van der Waals surface area (Å²) in [6, 6.07) is 9.44. The first-order valence-electron chi connectivity index (χ1n) is 10.1. The van der Waals surface area contributed by atoms with Crippen molar-refractivity contribution in [2.24, 2.45) is 17.3 Å². The number of ether oxygens (including phenoxy) is 1. The van der Waals surface area contributed by atoms with Crippen LogP contribution < -0.4 is 4.90 Å². The average Bonchev–Trinajstić information content (AvgIpc) is 2.61. The van der Waals surface area contributed by atoms with E-state index in [1.54, 1.807) is 11.8 Å². The van der Waals surface area contributed by atoms with Gasteiger partial charge in [-0.25, -0.2) is 0 Å². The molecule has 4 fully saturated rings. The third kappa shape index (κ3) is 3.27. The van der Waals surface area contributed by atoms with Crippen LogP contribution in [0.1, 0.15) is 52.4 Å². The van der Waals surface area contributed by atoms with E-state index >= 15 is 0 Å². The molecule has 4 aliphatic carbocycles. The molecule has 0 aliphatic heterocycles. The minimum absolute atomic E-state index is 0.208. The van der Waals surface area contributed by atoms with Crippen LogP contribution in [0.25, 0.3) is 0 Å². The predicted molar refractivity (Wildman–Crippen MR) is 102 cm³/mol. The molecule has 0 spiro atoms. The third-order valence-corrected chi connectivity index (χ3v) is 6.74. The zero-order chi connectivity index (χ0) is 19.2. The van der Waals surface area contributed by atoms with E-state index in [4.69, 9.17) is 4.74 Å². The summed E-state index contributed by atoms with van der Waals surface area (Å²) < 4.78 is 5.71. The van der Waals surface area contributed by atoms with Crippen molar-refractivity contribution in [3.05, 3.63) is 30.3 Å². The number of amides is 1. The summed E-state index contributed by atoms with van der Waals surface area (Å²) in [5, 5.41) is 10.9. The molecule has 0 aromatic heterocycles. The van der Waals surface area contributed by atoms with E-state index in [2.05, 4.69) is 0 Å². The molecule has 5 nitrogen and oxygen atoms in total. The van der Waals surface area contributed by atoms with E-state index < -0.39 is 17.1 Å². The van der Waals surface area contributed by atoms with Crippen molar-refractivity contribution in [3.63, 3.8) is 0 Å². The number of rotatable bonds is 5. The highest BCUT2D eigenvalue weighted by Crippen LogP contribution is 2.62. The predicted octanol–water partition coefficient (Wildman–Crippen LogP) is 3.30. The number of nitrogens with zero attached hydrogens (tertiary/aromatic N) is 1. The maximum Gasteiger partial charge on any atom is 0.312 e. The number of benzene rings is 1. The second-order valence-corrected chi connectivity index (χ2v) is 8.93. The molecule has 4 saturated carbocycles. The number of para-hydroxylation sites is 1. The van der Waals surface area contributed by atoms with Crippen LogP contribution in [0.2, 0.25) is 0 Å². The number of anilines is 1. The highest BCUT2D eigenvalue weighted by molar-refractivity contribution is 5.97. The van der Waals surface area contributed by atoms with Gasteiger partial charge in [-0.3, -0.25) is 9.59 Å². The van der Waals surface area contributed by atoms with Crippen molar-refractivity contribution in [1.82, 2.24) is 0 Å². The van der Waals surface area contributed by atoms with Crippen LogP contribution in [0.3, 0.4) is 0 Å². The lowest BCUT2D eigenvalue weighted by Gasteiger charge is -2.58. The first-order valence-corrected chi connectivity index (χ1v) is 10.1. The maximum atomic E-state index is 13.1. The minimum Gasteiger partial charge on any atom is -0.452 e.